The van der Waals surface area contributed by atoms with Crippen molar-refractivity contribution in [3.05, 3.63) is 31.8 Å². The Kier molecular flexibility index (Phi) is 3.73. The van der Waals surface area contributed by atoms with Crippen molar-refractivity contribution in [3.8, 4) is 0 Å². The monoisotopic (exact) mass is 406 g/mol. The lowest BCUT2D eigenvalue weighted by Crippen LogP contribution is -2.37. The highest BCUT2D eigenvalue weighted by Crippen LogP contribution is 2.41. The summed E-state index contributed by atoms with van der Waals surface area (Å²) in [5, 5.41) is 0. The molecular formula is C13H12BrIO2. The van der Waals surface area contributed by atoms with Gasteiger partial charge in [0.15, 0.2) is 11.6 Å². The smallest absolute Gasteiger partial charge is 0.151 e. The van der Waals surface area contributed by atoms with E-state index in [9.17, 15) is 9.59 Å². The molecule has 90 valence electrons. The lowest BCUT2D eigenvalue weighted by atomic mass is 9.75. The lowest BCUT2D eigenvalue weighted by Gasteiger charge is -2.26. The summed E-state index contributed by atoms with van der Waals surface area (Å²) in [5.41, 5.74) is -0.0252. The molecule has 0 unspecified atom stereocenters. The van der Waals surface area contributed by atoms with Crippen LogP contribution in [0.3, 0.4) is 0 Å². The van der Waals surface area contributed by atoms with Crippen LogP contribution in [0.15, 0.2) is 22.7 Å². The average molecular weight is 407 g/mol. The fourth-order valence-corrected chi connectivity index (χ4v) is 3.68. The Labute approximate surface area is 122 Å². The molecule has 0 aliphatic heterocycles. The normalized spacial score (nSPS) is 18.8. The molecule has 0 atom stereocenters. The Bertz CT molecular complexity index is 480. The molecule has 0 bridgehead atoms. The van der Waals surface area contributed by atoms with E-state index in [-0.39, 0.29) is 11.6 Å². The number of benzene rings is 1. The zero-order chi connectivity index (χ0) is 12.6. The molecule has 0 saturated heterocycles. The van der Waals surface area contributed by atoms with Crippen LogP contribution in [0, 0.1) is 3.57 Å². The highest BCUT2D eigenvalue weighted by molar-refractivity contribution is 14.1. The van der Waals surface area contributed by atoms with E-state index in [2.05, 4.69) is 38.5 Å². The van der Waals surface area contributed by atoms with E-state index in [1.165, 1.54) is 0 Å². The van der Waals surface area contributed by atoms with Gasteiger partial charge >= 0.3 is 0 Å². The molecule has 0 spiro atoms. The van der Waals surface area contributed by atoms with Gasteiger partial charge in [-0.3, -0.25) is 9.59 Å². The molecule has 0 aromatic heterocycles. The summed E-state index contributed by atoms with van der Waals surface area (Å²) in [6.45, 7) is 1.91. The SMILES string of the molecule is CCC1(c2cc(Br)ccc2I)C(=O)CCC1=O. The van der Waals surface area contributed by atoms with Crippen molar-refractivity contribution in [2.24, 2.45) is 0 Å². The van der Waals surface area contributed by atoms with Crippen molar-refractivity contribution in [2.75, 3.05) is 0 Å². The molecule has 4 heteroatoms. The lowest BCUT2D eigenvalue weighted by molar-refractivity contribution is -0.129. The van der Waals surface area contributed by atoms with Crippen LogP contribution in [0.5, 0.6) is 0 Å². The van der Waals surface area contributed by atoms with Gasteiger partial charge in [0.2, 0.25) is 0 Å². The van der Waals surface area contributed by atoms with Crippen molar-refractivity contribution in [1.82, 2.24) is 0 Å². The first-order valence-electron chi connectivity index (χ1n) is 5.54. The first-order valence-corrected chi connectivity index (χ1v) is 7.41. The van der Waals surface area contributed by atoms with Crippen LogP contribution >= 0.6 is 38.5 Å². The van der Waals surface area contributed by atoms with E-state index in [0.29, 0.717) is 19.3 Å². The molecule has 1 aromatic rings. The zero-order valence-corrected chi connectivity index (χ0v) is 13.2. The van der Waals surface area contributed by atoms with Crippen molar-refractivity contribution in [1.29, 1.82) is 0 Å². The maximum atomic E-state index is 12.2. The number of Topliss-reactive ketones (excluding diaryl/α,β-unsaturated/α-hetero) is 2. The molecule has 1 aliphatic carbocycles. The van der Waals surface area contributed by atoms with Crippen LogP contribution in [0.1, 0.15) is 31.7 Å². The van der Waals surface area contributed by atoms with Crippen LogP contribution in [0.2, 0.25) is 0 Å². The third-order valence-electron chi connectivity index (χ3n) is 3.45. The minimum absolute atomic E-state index is 0.0704. The second-order valence-corrected chi connectivity index (χ2v) is 6.31. The Balaban J connectivity index is 2.66. The van der Waals surface area contributed by atoms with Gasteiger partial charge in [-0.2, -0.15) is 0 Å². The van der Waals surface area contributed by atoms with Crippen molar-refractivity contribution in [3.63, 3.8) is 0 Å². The third kappa shape index (κ3) is 1.99. The number of rotatable bonds is 2. The van der Waals surface area contributed by atoms with Gasteiger partial charge < -0.3 is 0 Å². The van der Waals surface area contributed by atoms with Crippen LogP contribution in [-0.4, -0.2) is 11.6 Å². The van der Waals surface area contributed by atoms with Gasteiger partial charge in [0.05, 0.1) is 0 Å². The summed E-state index contributed by atoms with van der Waals surface area (Å²) >= 11 is 5.61. The molecular weight excluding hydrogens is 395 g/mol. The molecule has 2 rings (SSSR count). The maximum Gasteiger partial charge on any atom is 0.151 e. The number of halogens is 2. The van der Waals surface area contributed by atoms with Crippen LogP contribution in [0.4, 0.5) is 0 Å². The highest BCUT2D eigenvalue weighted by atomic mass is 127. The molecule has 0 N–H and O–H groups in total. The van der Waals surface area contributed by atoms with Crippen molar-refractivity contribution < 1.29 is 9.59 Å². The largest absolute Gasteiger partial charge is 0.298 e. The average Bonchev–Trinajstić information content (AvgIpc) is 2.59. The highest BCUT2D eigenvalue weighted by Gasteiger charge is 2.50. The van der Waals surface area contributed by atoms with E-state index in [1.807, 2.05) is 25.1 Å². The Morgan fingerprint density at radius 1 is 1.29 bits per heavy atom. The molecule has 0 amide bonds. The van der Waals surface area contributed by atoms with E-state index < -0.39 is 5.41 Å². The number of carbonyl (C=O) groups is 2. The topological polar surface area (TPSA) is 34.1 Å². The molecule has 17 heavy (non-hydrogen) atoms. The molecule has 1 aromatic carbocycles. The van der Waals surface area contributed by atoms with E-state index in [4.69, 9.17) is 0 Å². The standard InChI is InChI=1S/C13H12BrIO2/c1-2-13(11(16)5-6-12(13)17)9-7-8(14)3-4-10(9)15/h3-4,7H,2,5-6H2,1H3. The quantitative estimate of drug-likeness (QED) is 0.555. The maximum absolute atomic E-state index is 12.2. The summed E-state index contributed by atoms with van der Waals surface area (Å²) in [5.74, 6) is 0.141. The molecule has 1 aliphatic rings. The first kappa shape index (κ1) is 13.2. The predicted molar refractivity (Wildman–Crippen MR) is 78.1 cm³/mol. The Morgan fingerprint density at radius 2 is 1.88 bits per heavy atom. The number of hydrogen-bond donors (Lipinski definition) is 0. The minimum atomic E-state index is -0.889. The zero-order valence-electron chi connectivity index (χ0n) is 9.43. The van der Waals surface area contributed by atoms with Crippen LogP contribution < -0.4 is 0 Å². The molecule has 0 heterocycles. The molecule has 0 radical (unpaired) electrons. The third-order valence-corrected chi connectivity index (χ3v) is 4.88. The van der Waals surface area contributed by atoms with Gasteiger partial charge in [-0.25, -0.2) is 0 Å². The van der Waals surface area contributed by atoms with E-state index in [1.54, 1.807) is 0 Å². The molecule has 2 nitrogen and oxygen atoms in total. The van der Waals surface area contributed by atoms with Crippen LogP contribution in [-0.2, 0) is 15.0 Å². The summed E-state index contributed by atoms with van der Waals surface area (Å²) in [4.78, 5) is 24.3. The summed E-state index contributed by atoms with van der Waals surface area (Å²) in [6, 6.07) is 5.78. The Hall–Kier alpha value is -0.230. The van der Waals surface area contributed by atoms with Crippen molar-refractivity contribution >= 4 is 50.1 Å². The Morgan fingerprint density at radius 3 is 2.41 bits per heavy atom. The first-order chi connectivity index (χ1) is 8.02. The summed E-state index contributed by atoms with van der Waals surface area (Å²) in [6.07, 6.45) is 1.32. The summed E-state index contributed by atoms with van der Waals surface area (Å²) < 4.78 is 1.89. The second-order valence-electron chi connectivity index (χ2n) is 4.23. The van der Waals surface area contributed by atoms with Gasteiger partial charge in [0, 0.05) is 20.9 Å². The predicted octanol–water partition coefficient (Wildman–Crippen LogP) is 3.63. The second kappa shape index (κ2) is 4.80. The molecule has 1 fully saturated rings. The number of ketones is 2. The fourth-order valence-electron chi connectivity index (χ4n) is 2.52. The van der Waals surface area contributed by atoms with Gasteiger partial charge in [-0.05, 0) is 52.8 Å². The van der Waals surface area contributed by atoms with Crippen molar-refractivity contribution in [2.45, 2.75) is 31.6 Å². The van der Waals surface area contributed by atoms with Gasteiger partial charge in [0.1, 0.15) is 5.41 Å². The molecule has 1 saturated carbocycles. The summed E-state index contributed by atoms with van der Waals surface area (Å²) in [7, 11) is 0. The fraction of sp³-hybridized carbons (Fsp3) is 0.385. The van der Waals surface area contributed by atoms with Gasteiger partial charge in [-0.15, -0.1) is 0 Å². The minimum Gasteiger partial charge on any atom is -0.298 e. The number of carbonyl (C=O) groups excluding carboxylic acids is 2. The van der Waals surface area contributed by atoms with E-state index >= 15 is 0 Å². The van der Waals surface area contributed by atoms with Crippen LogP contribution in [0.25, 0.3) is 0 Å². The number of hydrogen-bond acceptors (Lipinski definition) is 2. The van der Waals surface area contributed by atoms with E-state index in [0.717, 1.165) is 13.6 Å². The van der Waals surface area contributed by atoms with Gasteiger partial charge in [0.25, 0.3) is 0 Å². The van der Waals surface area contributed by atoms with Gasteiger partial charge in [-0.1, -0.05) is 22.9 Å².